The van der Waals surface area contributed by atoms with Crippen LogP contribution in [0.4, 0.5) is 5.82 Å². The minimum absolute atomic E-state index is 0.126. The first-order valence-electron chi connectivity index (χ1n) is 5.87. The fourth-order valence-electron chi connectivity index (χ4n) is 1.90. The molecule has 18 heavy (non-hydrogen) atoms. The fourth-order valence-corrected chi connectivity index (χ4v) is 1.90. The summed E-state index contributed by atoms with van der Waals surface area (Å²) in [6, 6.07) is 4.75. The van der Waals surface area contributed by atoms with Gasteiger partial charge in [0.05, 0.1) is 0 Å². The molecule has 1 aromatic heterocycles. The fraction of sp³-hybridized carbons (Fsp3) is 0.417. The first-order valence-corrected chi connectivity index (χ1v) is 5.87. The minimum Gasteiger partial charge on any atom is -0.373 e. The second-order valence-corrected chi connectivity index (χ2v) is 4.12. The summed E-state index contributed by atoms with van der Waals surface area (Å²) in [4.78, 5) is 29.5. The number of pyridine rings is 1. The molecule has 2 N–H and O–H groups in total. The molecule has 96 valence electrons. The Morgan fingerprint density at radius 2 is 2.33 bits per heavy atom. The number of amides is 2. The van der Waals surface area contributed by atoms with Crippen LogP contribution in [0.3, 0.4) is 0 Å². The summed E-state index contributed by atoms with van der Waals surface area (Å²) < 4.78 is 0. The molecule has 0 aliphatic carbocycles. The van der Waals surface area contributed by atoms with Gasteiger partial charge in [-0.2, -0.15) is 0 Å². The van der Waals surface area contributed by atoms with E-state index < -0.39 is 6.04 Å². The van der Waals surface area contributed by atoms with Gasteiger partial charge < -0.3 is 15.5 Å². The van der Waals surface area contributed by atoms with Gasteiger partial charge in [-0.05, 0) is 19.1 Å². The molecular weight excluding hydrogens is 232 g/mol. The van der Waals surface area contributed by atoms with Crippen molar-refractivity contribution in [1.29, 1.82) is 0 Å². The molecule has 6 heteroatoms. The number of rotatable bonds is 2. The lowest BCUT2D eigenvalue weighted by atomic mass is 10.2. The van der Waals surface area contributed by atoms with Gasteiger partial charge >= 0.3 is 0 Å². The van der Waals surface area contributed by atoms with E-state index in [9.17, 15) is 9.59 Å². The van der Waals surface area contributed by atoms with Gasteiger partial charge in [-0.15, -0.1) is 0 Å². The van der Waals surface area contributed by atoms with Gasteiger partial charge in [0, 0.05) is 20.1 Å². The molecule has 1 atom stereocenters. The SMILES string of the molecule is CNc1cccc(C(=O)N2CCNC(=O)C2C)n1. The van der Waals surface area contributed by atoms with Gasteiger partial charge in [-0.1, -0.05) is 6.07 Å². The third kappa shape index (κ3) is 2.27. The summed E-state index contributed by atoms with van der Waals surface area (Å²) in [5.74, 6) is 0.295. The van der Waals surface area contributed by atoms with Crippen molar-refractivity contribution < 1.29 is 9.59 Å². The molecule has 0 radical (unpaired) electrons. The van der Waals surface area contributed by atoms with Crippen LogP contribution >= 0.6 is 0 Å². The van der Waals surface area contributed by atoms with Crippen LogP contribution < -0.4 is 10.6 Å². The summed E-state index contributed by atoms with van der Waals surface area (Å²) in [6.45, 7) is 2.71. The van der Waals surface area contributed by atoms with Crippen molar-refractivity contribution in [3.05, 3.63) is 23.9 Å². The molecule has 6 nitrogen and oxygen atoms in total. The molecule has 0 aromatic carbocycles. The first-order chi connectivity index (χ1) is 8.63. The Labute approximate surface area is 105 Å². The van der Waals surface area contributed by atoms with E-state index in [1.807, 2.05) is 0 Å². The third-order valence-electron chi connectivity index (χ3n) is 2.98. The lowest BCUT2D eigenvalue weighted by molar-refractivity contribution is -0.127. The predicted octanol–water partition coefficient (Wildman–Crippen LogP) is 0.0838. The Balaban J connectivity index is 2.22. The Bertz CT molecular complexity index is 475. The number of carbonyl (C=O) groups excluding carboxylic acids is 2. The molecule has 2 heterocycles. The smallest absolute Gasteiger partial charge is 0.273 e. The molecule has 1 aromatic rings. The van der Waals surface area contributed by atoms with Crippen molar-refractivity contribution >= 4 is 17.6 Å². The second-order valence-electron chi connectivity index (χ2n) is 4.12. The third-order valence-corrected chi connectivity index (χ3v) is 2.98. The Hall–Kier alpha value is -2.11. The normalized spacial score (nSPS) is 19.3. The van der Waals surface area contributed by atoms with Gasteiger partial charge in [0.25, 0.3) is 5.91 Å². The van der Waals surface area contributed by atoms with Crippen molar-refractivity contribution in [3.63, 3.8) is 0 Å². The molecule has 0 saturated carbocycles. The highest BCUT2D eigenvalue weighted by molar-refractivity contribution is 5.96. The molecule has 1 aliphatic heterocycles. The maximum atomic E-state index is 12.3. The van der Waals surface area contributed by atoms with E-state index >= 15 is 0 Å². The number of piperazine rings is 1. The molecular formula is C12H16N4O2. The Morgan fingerprint density at radius 3 is 3.06 bits per heavy atom. The molecule has 1 unspecified atom stereocenters. The standard InChI is InChI=1S/C12H16N4O2/c1-8-11(17)14-6-7-16(8)12(18)9-4-3-5-10(13-2)15-9/h3-5,8H,6-7H2,1-2H3,(H,13,15)(H,14,17). The van der Waals surface area contributed by atoms with Crippen LogP contribution in [0.25, 0.3) is 0 Å². The average Bonchev–Trinajstić information content (AvgIpc) is 2.41. The number of carbonyl (C=O) groups is 2. The van der Waals surface area contributed by atoms with Crippen molar-refractivity contribution in [2.75, 3.05) is 25.5 Å². The van der Waals surface area contributed by atoms with Crippen LogP contribution in [-0.4, -0.2) is 47.9 Å². The van der Waals surface area contributed by atoms with Crippen molar-refractivity contribution in [1.82, 2.24) is 15.2 Å². The number of aromatic nitrogens is 1. The van der Waals surface area contributed by atoms with E-state index in [-0.39, 0.29) is 11.8 Å². The zero-order valence-electron chi connectivity index (χ0n) is 10.4. The largest absolute Gasteiger partial charge is 0.373 e. The van der Waals surface area contributed by atoms with E-state index in [0.29, 0.717) is 24.6 Å². The van der Waals surface area contributed by atoms with Gasteiger partial charge in [0.15, 0.2) is 0 Å². The molecule has 1 saturated heterocycles. The molecule has 2 rings (SSSR count). The number of hydrogen-bond acceptors (Lipinski definition) is 4. The molecule has 1 aliphatic rings. The van der Waals surface area contributed by atoms with Crippen LogP contribution in [0, 0.1) is 0 Å². The maximum Gasteiger partial charge on any atom is 0.273 e. The van der Waals surface area contributed by atoms with Crippen molar-refractivity contribution in [3.8, 4) is 0 Å². The summed E-state index contributed by atoms with van der Waals surface area (Å²) in [5.41, 5.74) is 0.350. The van der Waals surface area contributed by atoms with E-state index in [1.165, 1.54) is 0 Å². The highest BCUT2D eigenvalue weighted by Crippen LogP contribution is 2.11. The second kappa shape index (κ2) is 5.03. The van der Waals surface area contributed by atoms with Gasteiger partial charge in [-0.25, -0.2) is 4.98 Å². The van der Waals surface area contributed by atoms with Gasteiger partial charge in [0.1, 0.15) is 17.6 Å². The van der Waals surface area contributed by atoms with Crippen LogP contribution in [0.2, 0.25) is 0 Å². The predicted molar refractivity (Wildman–Crippen MR) is 67.3 cm³/mol. The molecule has 1 fully saturated rings. The van der Waals surface area contributed by atoms with E-state index in [4.69, 9.17) is 0 Å². The monoisotopic (exact) mass is 248 g/mol. The lowest BCUT2D eigenvalue weighted by Crippen LogP contribution is -2.55. The Kier molecular flexibility index (Phi) is 3.45. The summed E-state index contributed by atoms with van der Waals surface area (Å²) in [5, 5.41) is 5.61. The maximum absolute atomic E-state index is 12.3. The molecule has 0 bridgehead atoms. The van der Waals surface area contributed by atoms with Crippen molar-refractivity contribution in [2.24, 2.45) is 0 Å². The van der Waals surface area contributed by atoms with Gasteiger partial charge in [0.2, 0.25) is 5.91 Å². The van der Waals surface area contributed by atoms with Gasteiger partial charge in [-0.3, -0.25) is 9.59 Å². The summed E-state index contributed by atoms with van der Waals surface area (Å²) in [7, 11) is 1.74. The highest BCUT2D eigenvalue weighted by Gasteiger charge is 2.30. The topological polar surface area (TPSA) is 74.3 Å². The molecule has 2 amide bonds. The van der Waals surface area contributed by atoms with Crippen LogP contribution in [0.1, 0.15) is 17.4 Å². The number of anilines is 1. The average molecular weight is 248 g/mol. The zero-order chi connectivity index (χ0) is 13.1. The number of nitrogens with zero attached hydrogens (tertiary/aromatic N) is 2. The zero-order valence-corrected chi connectivity index (χ0v) is 10.4. The quantitative estimate of drug-likeness (QED) is 0.777. The highest BCUT2D eigenvalue weighted by atomic mass is 16.2. The first kappa shape index (κ1) is 12.3. The van der Waals surface area contributed by atoms with Crippen LogP contribution in [0.15, 0.2) is 18.2 Å². The van der Waals surface area contributed by atoms with Crippen LogP contribution in [0.5, 0.6) is 0 Å². The van der Waals surface area contributed by atoms with E-state index in [2.05, 4.69) is 15.6 Å². The number of nitrogens with one attached hydrogen (secondary N) is 2. The van der Waals surface area contributed by atoms with E-state index in [0.717, 1.165) is 0 Å². The van der Waals surface area contributed by atoms with Crippen LogP contribution in [-0.2, 0) is 4.79 Å². The lowest BCUT2D eigenvalue weighted by Gasteiger charge is -2.32. The Morgan fingerprint density at radius 1 is 1.56 bits per heavy atom. The van der Waals surface area contributed by atoms with Crippen molar-refractivity contribution in [2.45, 2.75) is 13.0 Å². The molecule has 0 spiro atoms. The van der Waals surface area contributed by atoms with E-state index in [1.54, 1.807) is 37.1 Å². The number of hydrogen-bond donors (Lipinski definition) is 2. The summed E-state index contributed by atoms with van der Waals surface area (Å²) in [6.07, 6.45) is 0. The minimum atomic E-state index is -0.453. The summed E-state index contributed by atoms with van der Waals surface area (Å²) >= 11 is 0.